The van der Waals surface area contributed by atoms with Crippen molar-refractivity contribution in [2.24, 2.45) is 13.0 Å². The minimum atomic E-state index is -1.10. The van der Waals surface area contributed by atoms with Crippen LogP contribution in [0.25, 0.3) is 11.3 Å². The van der Waals surface area contributed by atoms with Crippen molar-refractivity contribution < 1.29 is 14.7 Å². The highest BCUT2D eigenvalue weighted by Crippen LogP contribution is 2.30. The number of carbonyl (C=O) groups is 2. The van der Waals surface area contributed by atoms with Gasteiger partial charge in [-0.3, -0.25) is 9.48 Å². The van der Waals surface area contributed by atoms with Gasteiger partial charge in [0.15, 0.2) is 0 Å². The largest absolute Gasteiger partial charge is 0.465 e. The van der Waals surface area contributed by atoms with Gasteiger partial charge in [-0.1, -0.05) is 37.3 Å². The molecule has 7 heteroatoms. The first-order chi connectivity index (χ1) is 12.9. The lowest BCUT2D eigenvalue weighted by Gasteiger charge is -2.17. The highest BCUT2D eigenvalue weighted by atomic mass is 16.4. The number of hydrogen-bond acceptors (Lipinski definition) is 3. The Morgan fingerprint density at radius 3 is 2.74 bits per heavy atom. The highest BCUT2D eigenvalue weighted by molar-refractivity contribution is 5.96. The van der Waals surface area contributed by atoms with Crippen LogP contribution in [0.15, 0.2) is 55.8 Å². The van der Waals surface area contributed by atoms with Crippen molar-refractivity contribution in [3.8, 4) is 11.3 Å². The van der Waals surface area contributed by atoms with Gasteiger partial charge < -0.3 is 15.7 Å². The molecule has 0 aliphatic carbocycles. The van der Waals surface area contributed by atoms with Gasteiger partial charge in [0.05, 0.1) is 29.5 Å². The molecule has 0 fully saturated rings. The first-order valence-corrected chi connectivity index (χ1v) is 8.53. The van der Waals surface area contributed by atoms with Crippen molar-refractivity contribution in [1.29, 1.82) is 0 Å². The third-order valence-corrected chi connectivity index (χ3v) is 4.23. The number of aryl methyl sites for hydroxylation is 1. The van der Waals surface area contributed by atoms with Crippen LogP contribution in [0.2, 0.25) is 0 Å². The summed E-state index contributed by atoms with van der Waals surface area (Å²) in [5, 5.41) is 18.7. The number of aromatic nitrogens is 2. The number of carboxylic acid groups (broad SMARTS) is 1. The second-order valence-corrected chi connectivity index (χ2v) is 6.20. The molecule has 0 aliphatic rings. The summed E-state index contributed by atoms with van der Waals surface area (Å²) >= 11 is 0. The van der Waals surface area contributed by atoms with E-state index in [2.05, 4.69) is 28.9 Å². The van der Waals surface area contributed by atoms with E-state index in [0.29, 0.717) is 12.1 Å². The first kappa shape index (κ1) is 20.0. The summed E-state index contributed by atoms with van der Waals surface area (Å²) in [6.45, 7) is 9.09. The Kier molecular flexibility index (Phi) is 6.54. The third kappa shape index (κ3) is 4.84. The molecule has 1 aromatic carbocycles. The average Bonchev–Trinajstić information content (AvgIpc) is 3.00. The number of nitrogens with one attached hydrogen (secondary N) is 2. The normalized spacial score (nSPS) is 12.7. The van der Waals surface area contributed by atoms with Gasteiger partial charge in [-0.2, -0.15) is 5.10 Å². The Bertz CT molecular complexity index is 857. The highest BCUT2D eigenvalue weighted by Gasteiger charge is 2.18. The van der Waals surface area contributed by atoms with Gasteiger partial charge in [0.2, 0.25) is 5.91 Å². The lowest BCUT2D eigenvalue weighted by Crippen LogP contribution is -2.26. The number of hydrogen-bond donors (Lipinski definition) is 3. The van der Waals surface area contributed by atoms with Crippen LogP contribution in [0, 0.1) is 5.92 Å². The van der Waals surface area contributed by atoms with Gasteiger partial charge in [-0.15, -0.1) is 13.2 Å². The molecule has 2 unspecified atom stereocenters. The van der Waals surface area contributed by atoms with Crippen molar-refractivity contribution in [2.75, 3.05) is 5.32 Å². The molecule has 2 amide bonds. The van der Waals surface area contributed by atoms with E-state index >= 15 is 0 Å². The van der Waals surface area contributed by atoms with Gasteiger partial charge >= 0.3 is 6.09 Å². The lowest BCUT2D eigenvalue weighted by molar-refractivity contribution is -0.118. The molecule has 0 aliphatic heterocycles. The van der Waals surface area contributed by atoms with Crippen LogP contribution in [0.5, 0.6) is 0 Å². The van der Waals surface area contributed by atoms with E-state index in [-0.39, 0.29) is 11.8 Å². The molecule has 2 aromatic rings. The summed E-state index contributed by atoms with van der Waals surface area (Å²) in [7, 11) is 1.78. The molecule has 1 heterocycles. The number of benzene rings is 1. The molecular formula is C20H24N4O3. The molecule has 0 spiro atoms. The van der Waals surface area contributed by atoms with Crippen LogP contribution in [0.1, 0.15) is 24.9 Å². The maximum absolute atomic E-state index is 12.2. The fraction of sp³-hybridized carbons (Fsp3) is 0.250. The summed E-state index contributed by atoms with van der Waals surface area (Å²) in [6, 6.07) is 7.05. The van der Waals surface area contributed by atoms with Crippen LogP contribution in [0.4, 0.5) is 10.5 Å². The molecule has 2 rings (SSSR count). The summed E-state index contributed by atoms with van der Waals surface area (Å²) in [4.78, 5) is 23.3. The minimum Gasteiger partial charge on any atom is -0.465 e. The van der Waals surface area contributed by atoms with E-state index in [1.54, 1.807) is 37.0 Å². The standard InChI is InChI=1S/C20H24N4O3/c1-5-8-16(23-20(26)27)14-9-7-10-15(11-14)18-17(12-21-24(18)4)22-19(25)13(3)6-2/h5-7,9-13,16,23H,1-2,8H2,3-4H3,(H,22,25)(H,26,27). The Morgan fingerprint density at radius 1 is 1.37 bits per heavy atom. The molecule has 1 aromatic heterocycles. The molecule has 0 saturated carbocycles. The van der Waals surface area contributed by atoms with Gasteiger partial charge in [-0.25, -0.2) is 4.79 Å². The zero-order valence-corrected chi connectivity index (χ0v) is 15.5. The zero-order chi connectivity index (χ0) is 20.0. The average molecular weight is 368 g/mol. The van der Waals surface area contributed by atoms with Crippen molar-refractivity contribution >= 4 is 17.7 Å². The summed E-state index contributed by atoms with van der Waals surface area (Å²) in [5.41, 5.74) is 2.93. The van der Waals surface area contributed by atoms with Gasteiger partial charge in [0.25, 0.3) is 0 Å². The molecule has 3 N–H and O–H groups in total. The van der Waals surface area contributed by atoms with E-state index in [4.69, 9.17) is 5.11 Å². The van der Waals surface area contributed by atoms with Gasteiger partial charge in [-0.05, 0) is 18.1 Å². The van der Waals surface area contributed by atoms with Crippen molar-refractivity contribution in [3.05, 3.63) is 61.3 Å². The Balaban J connectivity index is 2.40. The van der Waals surface area contributed by atoms with Gasteiger partial charge in [0, 0.05) is 12.6 Å². The molecule has 7 nitrogen and oxygen atoms in total. The van der Waals surface area contributed by atoms with Crippen LogP contribution >= 0.6 is 0 Å². The number of amides is 2. The number of nitrogens with zero attached hydrogens (tertiary/aromatic N) is 2. The number of rotatable bonds is 8. The maximum Gasteiger partial charge on any atom is 0.405 e. The minimum absolute atomic E-state index is 0.174. The number of anilines is 1. The predicted molar refractivity (Wildman–Crippen MR) is 105 cm³/mol. The molecule has 27 heavy (non-hydrogen) atoms. The fourth-order valence-electron chi connectivity index (χ4n) is 2.72. The predicted octanol–water partition coefficient (Wildman–Crippen LogP) is 3.73. The lowest BCUT2D eigenvalue weighted by atomic mass is 9.99. The smallest absolute Gasteiger partial charge is 0.405 e. The fourth-order valence-corrected chi connectivity index (χ4v) is 2.72. The second kappa shape index (κ2) is 8.84. The third-order valence-electron chi connectivity index (χ3n) is 4.23. The maximum atomic E-state index is 12.2. The molecular weight excluding hydrogens is 344 g/mol. The molecule has 2 atom stereocenters. The van der Waals surface area contributed by atoms with E-state index in [9.17, 15) is 9.59 Å². The van der Waals surface area contributed by atoms with Crippen LogP contribution < -0.4 is 10.6 Å². The van der Waals surface area contributed by atoms with Crippen molar-refractivity contribution in [2.45, 2.75) is 19.4 Å². The molecule has 0 bridgehead atoms. The van der Waals surface area contributed by atoms with Gasteiger partial charge in [0.1, 0.15) is 0 Å². The van der Waals surface area contributed by atoms with Crippen LogP contribution in [-0.4, -0.2) is 26.9 Å². The first-order valence-electron chi connectivity index (χ1n) is 8.53. The Hall–Kier alpha value is -3.35. The topological polar surface area (TPSA) is 96.2 Å². The molecule has 0 radical (unpaired) electrons. The van der Waals surface area contributed by atoms with E-state index in [1.807, 2.05) is 24.3 Å². The monoisotopic (exact) mass is 368 g/mol. The van der Waals surface area contributed by atoms with Crippen molar-refractivity contribution in [3.63, 3.8) is 0 Å². The zero-order valence-electron chi connectivity index (χ0n) is 15.5. The Morgan fingerprint density at radius 2 is 2.11 bits per heavy atom. The van der Waals surface area contributed by atoms with E-state index in [0.717, 1.165) is 16.8 Å². The van der Waals surface area contributed by atoms with Crippen molar-refractivity contribution in [1.82, 2.24) is 15.1 Å². The summed E-state index contributed by atoms with van der Waals surface area (Å²) in [5.74, 6) is -0.506. The SMILES string of the molecule is C=CCC(NC(=O)O)c1cccc(-c2c(NC(=O)C(C)C=C)cnn2C)c1. The Labute approximate surface area is 158 Å². The van der Waals surface area contributed by atoms with E-state index < -0.39 is 12.1 Å². The van der Waals surface area contributed by atoms with Crippen LogP contribution in [0.3, 0.4) is 0 Å². The second-order valence-electron chi connectivity index (χ2n) is 6.20. The molecule has 0 saturated heterocycles. The quantitative estimate of drug-likeness (QED) is 0.619. The van der Waals surface area contributed by atoms with E-state index in [1.165, 1.54) is 0 Å². The van der Waals surface area contributed by atoms with Crippen LogP contribution in [-0.2, 0) is 11.8 Å². The summed E-state index contributed by atoms with van der Waals surface area (Å²) < 4.78 is 1.67. The summed E-state index contributed by atoms with van der Waals surface area (Å²) in [6.07, 6.45) is 4.19. The molecule has 142 valence electrons. The number of carbonyl (C=O) groups excluding carboxylic acids is 1.